The highest BCUT2D eigenvalue weighted by atomic mass is 16.5. The van der Waals surface area contributed by atoms with Crippen molar-refractivity contribution in [3.05, 3.63) is 53.6 Å². The number of rotatable bonds is 7. The van der Waals surface area contributed by atoms with Crippen LogP contribution in [0.5, 0.6) is 0 Å². The van der Waals surface area contributed by atoms with Gasteiger partial charge in [0, 0.05) is 5.57 Å². The molecule has 2 heteroatoms. The smallest absolute Gasteiger partial charge is 0.333 e. The van der Waals surface area contributed by atoms with Crippen LogP contribution in [0, 0.1) is 0 Å². The number of ether oxygens (including phenoxy) is 1. The molecule has 0 saturated carbocycles. The van der Waals surface area contributed by atoms with Crippen molar-refractivity contribution < 1.29 is 9.53 Å². The summed E-state index contributed by atoms with van der Waals surface area (Å²) in [4.78, 5) is 11.3. The minimum absolute atomic E-state index is 0.297. The van der Waals surface area contributed by atoms with E-state index in [1.807, 2.05) is 24.3 Å². The number of benzene rings is 1. The highest BCUT2D eigenvalue weighted by molar-refractivity contribution is 5.86. The van der Waals surface area contributed by atoms with E-state index in [1.165, 1.54) is 18.4 Å². The Kier molecular flexibility index (Phi) is 6.65. The summed E-state index contributed by atoms with van der Waals surface area (Å²) >= 11 is 0. The lowest BCUT2D eigenvalue weighted by Crippen LogP contribution is -2.04. The number of unbranched alkanes of at least 4 members (excludes halogenated alkanes) is 2. The molecule has 0 heterocycles. The van der Waals surface area contributed by atoms with Gasteiger partial charge in [-0.15, -0.1) is 0 Å². The standard InChI is InChI=1S/C17H22O2/c1-4-5-6-7-8-15-9-11-16(12-10-15)13-19-17(18)14(2)3/h7-12H,2,4-6,13H2,1,3H3/b8-7+. The third-order valence-electron chi connectivity index (χ3n) is 2.73. The molecule has 1 rings (SSSR count). The van der Waals surface area contributed by atoms with E-state index in [1.54, 1.807) is 6.92 Å². The van der Waals surface area contributed by atoms with E-state index in [2.05, 4.69) is 25.7 Å². The minimum atomic E-state index is -0.344. The lowest BCUT2D eigenvalue weighted by Gasteiger charge is -2.04. The van der Waals surface area contributed by atoms with Crippen molar-refractivity contribution in [2.45, 2.75) is 39.7 Å². The van der Waals surface area contributed by atoms with Crippen molar-refractivity contribution in [3.8, 4) is 0 Å². The van der Waals surface area contributed by atoms with Crippen molar-refractivity contribution in [1.29, 1.82) is 0 Å². The van der Waals surface area contributed by atoms with Crippen LogP contribution in [0.2, 0.25) is 0 Å². The van der Waals surface area contributed by atoms with E-state index in [4.69, 9.17) is 4.74 Å². The van der Waals surface area contributed by atoms with Crippen LogP contribution in [-0.2, 0) is 16.1 Å². The lowest BCUT2D eigenvalue weighted by molar-refractivity contribution is -0.140. The fraction of sp³-hybridized carbons (Fsp3) is 0.353. The summed E-state index contributed by atoms with van der Waals surface area (Å²) in [7, 11) is 0. The van der Waals surface area contributed by atoms with E-state index in [-0.39, 0.29) is 5.97 Å². The quantitative estimate of drug-likeness (QED) is 0.408. The predicted molar refractivity (Wildman–Crippen MR) is 79.6 cm³/mol. The molecule has 0 fully saturated rings. The van der Waals surface area contributed by atoms with Crippen LogP contribution in [-0.4, -0.2) is 5.97 Å². The molecule has 0 radical (unpaired) electrons. The van der Waals surface area contributed by atoms with Gasteiger partial charge in [0.1, 0.15) is 6.61 Å². The number of esters is 1. The van der Waals surface area contributed by atoms with Crippen LogP contribution in [0.15, 0.2) is 42.5 Å². The van der Waals surface area contributed by atoms with E-state index in [0.29, 0.717) is 12.2 Å². The molecule has 0 aliphatic rings. The fourth-order valence-electron chi connectivity index (χ4n) is 1.54. The molecule has 1 aromatic rings. The lowest BCUT2D eigenvalue weighted by atomic mass is 10.1. The van der Waals surface area contributed by atoms with Gasteiger partial charge in [-0.2, -0.15) is 0 Å². The Morgan fingerprint density at radius 1 is 1.32 bits per heavy atom. The molecule has 2 nitrogen and oxygen atoms in total. The Hall–Kier alpha value is -1.83. The first kappa shape index (κ1) is 15.2. The molecule has 102 valence electrons. The van der Waals surface area contributed by atoms with Crippen molar-refractivity contribution in [2.24, 2.45) is 0 Å². The molecule has 19 heavy (non-hydrogen) atoms. The van der Waals surface area contributed by atoms with E-state index >= 15 is 0 Å². The first-order valence-electron chi connectivity index (χ1n) is 6.71. The summed E-state index contributed by atoms with van der Waals surface area (Å²) in [6.07, 6.45) is 7.89. The van der Waals surface area contributed by atoms with E-state index in [0.717, 1.165) is 12.0 Å². The highest BCUT2D eigenvalue weighted by Gasteiger charge is 2.02. The van der Waals surface area contributed by atoms with Crippen molar-refractivity contribution in [1.82, 2.24) is 0 Å². The maximum Gasteiger partial charge on any atom is 0.333 e. The summed E-state index contributed by atoms with van der Waals surface area (Å²) in [5.74, 6) is -0.344. The summed E-state index contributed by atoms with van der Waals surface area (Å²) in [5, 5.41) is 0. The van der Waals surface area contributed by atoms with Crippen LogP contribution in [0.4, 0.5) is 0 Å². The molecule has 0 spiro atoms. The normalized spacial score (nSPS) is 10.6. The Bertz CT molecular complexity index is 441. The molecular weight excluding hydrogens is 236 g/mol. The average Bonchev–Trinajstić information content (AvgIpc) is 2.42. The van der Waals surface area contributed by atoms with Crippen LogP contribution < -0.4 is 0 Å². The van der Waals surface area contributed by atoms with Gasteiger partial charge in [0.2, 0.25) is 0 Å². The molecular formula is C17H22O2. The van der Waals surface area contributed by atoms with Gasteiger partial charge in [0.05, 0.1) is 0 Å². The molecule has 0 aromatic heterocycles. The van der Waals surface area contributed by atoms with Gasteiger partial charge in [-0.1, -0.05) is 62.8 Å². The van der Waals surface area contributed by atoms with Crippen molar-refractivity contribution >= 4 is 12.0 Å². The minimum Gasteiger partial charge on any atom is -0.457 e. The van der Waals surface area contributed by atoms with Gasteiger partial charge in [-0.3, -0.25) is 0 Å². The Morgan fingerprint density at radius 3 is 2.58 bits per heavy atom. The second kappa shape index (κ2) is 8.30. The maximum absolute atomic E-state index is 11.3. The maximum atomic E-state index is 11.3. The van der Waals surface area contributed by atoms with Crippen LogP contribution in [0.3, 0.4) is 0 Å². The zero-order valence-electron chi connectivity index (χ0n) is 11.8. The molecule has 0 amide bonds. The van der Waals surface area contributed by atoms with Crippen LogP contribution in [0.25, 0.3) is 6.08 Å². The van der Waals surface area contributed by atoms with Crippen molar-refractivity contribution in [3.63, 3.8) is 0 Å². The van der Waals surface area contributed by atoms with Crippen LogP contribution in [0.1, 0.15) is 44.2 Å². The third kappa shape index (κ3) is 6.05. The van der Waals surface area contributed by atoms with Gasteiger partial charge < -0.3 is 4.74 Å². The molecule has 0 aliphatic carbocycles. The third-order valence-corrected chi connectivity index (χ3v) is 2.73. The summed E-state index contributed by atoms with van der Waals surface area (Å²) in [6.45, 7) is 7.68. The molecule has 0 unspecified atom stereocenters. The molecule has 0 bridgehead atoms. The first-order chi connectivity index (χ1) is 9.13. The largest absolute Gasteiger partial charge is 0.457 e. The van der Waals surface area contributed by atoms with Gasteiger partial charge in [0.15, 0.2) is 0 Å². The summed E-state index contributed by atoms with van der Waals surface area (Å²) in [6, 6.07) is 8.02. The summed E-state index contributed by atoms with van der Waals surface area (Å²) in [5.41, 5.74) is 2.59. The Balaban J connectivity index is 2.45. The van der Waals surface area contributed by atoms with Gasteiger partial charge in [-0.25, -0.2) is 4.79 Å². The summed E-state index contributed by atoms with van der Waals surface area (Å²) < 4.78 is 5.09. The van der Waals surface area contributed by atoms with Gasteiger partial charge in [0.25, 0.3) is 0 Å². The second-order valence-electron chi connectivity index (χ2n) is 4.64. The number of hydrogen-bond donors (Lipinski definition) is 0. The second-order valence-corrected chi connectivity index (χ2v) is 4.64. The monoisotopic (exact) mass is 258 g/mol. The number of allylic oxidation sites excluding steroid dienone is 1. The number of carbonyl (C=O) groups excluding carboxylic acids is 1. The van der Waals surface area contributed by atoms with Crippen molar-refractivity contribution in [2.75, 3.05) is 0 Å². The van der Waals surface area contributed by atoms with Crippen LogP contribution >= 0.6 is 0 Å². The fourth-order valence-corrected chi connectivity index (χ4v) is 1.54. The Labute approximate surface area is 115 Å². The van der Waals surface area contributed by atoms with Gasteiger partial charge >= 0.3 is 5.97 Å². The topological polar surface area (TPSA) is 26.3 Å². The zero-order valence-corrected chi connectivity index (χ0v) is 11.8. The number of hydrogen-bond acceptors (Lipinski definition) is 2. The molecule has 0 N–H and O–H groups in total. The van der Waals surface area contributed by atoms with Gasteiger partial charge in [-0.05, 0) is 24.5 Å². The molecule has 0 atom stereocenters. The first-order valence-corrected chi connectivity index (χ1v) is 6.71. The molecule has 0 aliphatic heterocycles. The predicted octanol–water partition coefficient (Wildman–Crippen LogP) is 4.51. The van der Waals surface area contributed by atoms with E-state index in [9.17, 15) is 4.79 Å². The molecule has 0 saturated heterocycles. The molecule has 1 aromatic carbocycles. The highest BCUT2D eigenvalue weighted by Crippen LogP contribution is 2.09. The average molecular weight is 258 g/mol. The number of carbonyl (C=O) groups is 1. The Morgan fingerprint density at radius 2 is 2.00 bits per heavy atom. The van der Waals surface area contributed by atoms with E-state index < -0.39 is 0 Å². The zero-order chi connectivity index (χ0) is 14.1. The SMILES string of the molecule is C=C(C)C(=O)OCc1ccc(/C=C/CCCC)cc1.